The van der Waals surface area contributed by atoms with Crippen LogP contribution in [0.4, 0.5) is 10.1 Å². The number of guanidine groups is 1. The summed E-state index contributed by atoms with van der Waals surface area (Å²) < 4.78 is 12.9. The molecule has 0 amide bonds. The van der Waals surface area contributed by atoms with E-state index in [0.717, 1.165) is 24.5 Å². The highest BCUT2D eigenvalue weighted by Gasteiger charge is 2.01. The molecule has 0 radical (unpaired) electrons. The number of hydrogen-bond acceptors (Lipinski definition) is 2. The van der Waals surface area contributed by atoms with Gasteiger partial charge < -0.3 is 15.5 Å². The zero-order valence-electron chi connectivity index (χ0n) is 14.5. The highest BCUT2D eigenvalue weighted by molar-refractivity contribution is 5.79. The molecule has 0 bridgehead atoms. The first-order chi connectivity index (χ1) is 11.6. The van der Waals surface area contributed by atoms with Crippen LogP contribution in [0.1, 0.15) is 11.1 Å². The van der Waals surface area contributed by atoms with E-state index in [0.29, 0.717) is 6.54 Å². The van der Waals surface area contributed by atoms with Crippen LogP contribution in [0.2, 0.25) is 0 Å². The van der Waals surface area contributed by atoms with Crippen LogP contribution in [0, 0.1) is 5.82 Å². The number of halogens is 1. The van der Waals surface area contributed by atoms with Crippen molar-refractivity contribution in [3.63, 3.8) is 0 Å². The Balaban J connectivity index is 1.80. The molecule has 0 fully saturated rings. The summed E-state index contributed by atoms with van der Waals surface area (Å²) in [4.78, 5) is 6.31. The topological polar surface area (TPSA) is 39.7 Å². The summed E-state index contributed by atoms with van der Waals surface area (Å²) in [5.74, 6) is 0.552. The van der Waals surface area contributed by atoms with Crippen LogP contribution >= 0.6 is 0 Å². The van der Waals surface area contributed by atoms with Crippen molar-refractivity contribution >= 4 is 11.6 Å². The van der Waals surface area contributed by atoms with Crippen LogP contribution in [-0.4, -0.2) is 33.6 Å². The fourth-order valence-corrected chi connectivity index (χ4v) is 2.33. The van der Waals surface area contributed by atoms with Crippen LogP contribution in [0.15, 0.2) is 53.5 Å². The van der Waals surface area contributed by atoms with Gasteiger partial charge in [-0.25, -0.2) is 4.39 Å². The lowest BCUT2D eigenvalue weighted by atomic mass is 10.1. The molecule has 0 aliphatic rings. The second kappa shape index (κ2) is 8.91. The Hall–Kier alpha value is -2.56. The Labute approximate surface area is 143 Å². The molecule has 0 atom stereocenters. The monoisotopic (exact) mass is 328 g/mol. The van der Waals surface area contributed by atoms with E-state index in [9.17, 15) is 4.39 Å². The fraction of sp³-hybridized carbons (Fsp3) is 0.316. The van der Waals surface area contributed by atoms with E-state index in [2.05, 4.69) is 44.8 Å². The number of hydrogen-bond donors (Lipinski definition) is 2. The molecule has 2 rings (SSSR count). The van der Waals surface area contributed by atoms with Crippen molar-refractivity contribution in [1.82, 2.24) is 10.6 Å². The van der Waals surface area contributed by atoms with Gasteiger partial charge in [0, 0.05) is 39.9 Å². The van der Waals surface area contributed by atoms with Gasteiger partial charge in [0.1, 0.15) is 5.82 Å². The second-order valence-electron chi connectivity index (χ2n) is 5.79. The van der Waals surface area contributed by atoms with E-state index in [1.54, 1.807) is 19.2 Å². The molecule has 128 valence electrons. The lowest BCUT2D eigenvalue weighted by molar-refractivity contribution is 0.626. The van der Waals surface area contributed by atoms with E-state index in [1.165, 1.54) is 23.4 Å². The zero-order valence-corrected chi connectivity index (χ0v) is 14.5. The minimum atomic E-state index is -0.204. The molecule has 2 aromatic rings. The van der Waals surface area contributed by atoms with Crippen molar-refractivity contribution in [2.24, 2.45) is 4.99 Å². The van der Waals surface area contributed by atoms with Crippen LogP contribution in [0.25, 0.3) is 0 Å². The molecule has 0 saturated carbocycles. The summed E-state index contributed by atoms with van der Waals surface area (Å²) in [5, 5.41) is 6.58. The SMILES string of the molecule is CN=C(NCCc1ccc(F)cc1)NCc1cccc(N(C)C)c1. The molecule has 0 aliphatic carbocycles. The summed E-state index contributed by atoms with van der Waals surface area (Å²) >= 11 is 0. The third kappa shape index (κ3) is 5.57. The summed E-state index contributed by atoms with van der Waals surface area (Å²) in [7, 11) is 5.81. The fourth-order valence-electron chi connectivity index (χ4n) is 2.33. The largest absolute Gasteiger partial charge is 0.378 e. The van der Waals surface area contributed by atoms with Crippen LogP contribution in [-0.2, 0) is 13.0 Å². The third-order valence-corrected chi connectivity index (χ3v) is 3.73. The molecule has 0 saturated heterocycles. The lowest BCUT2D eigenvalue weighted by Gasteiger charge is -2.15. The first-order valence-electron chi connectivity index (χ1n) is 8.03. The smallest absolute Gasteiger partial charge is 0.191 e. The number of aliphatic imine (C=N–C) groups is 1. The summed E-state index contributed by atoms with van der Waals surface area (Å²) in [6.07, 6.45) is 0.817. The van der Waals surface area contributed by atoms with Crippen LogP contribution < -0.4 is 15.5 Å². The number of benzene rings is 2. The summed E-state index contributed by atoms with van der Waals surface area (Å²) in [6.45, 7) is 1.45. The van der Waals surface area contributed by atoms with E-state index in [4.69, 9.17) is 0 Å². The molecule has 2 N–H and O–H groups in total. The van der Waals surface area contributed by atoms with E-state index >= 15 is 0 Å². The van der Waals surface area contributed by atoms with Crippen LogP contribution in [0.3, 0.4) is 0 Å². The molecular weight excluding hydrogens is 303 g/mol. The minimum Gasteiger partial charge on any atom is -0.378 e. The molecule has 5 heteroatoms. The maximum absolute atomic E-state index is 12.9. The molecule has 0 unspecified atom stereocenters. The molecule has 0 heterocycles. The van der Waals surface area contributed by atoms with Gasteiger partial charge in [-0.2, -0.15) is 0 Å². The first kappa shape index (κ1) is 17.8. The maximum atomic E-state index is 12.9. The van der Waals surface area contributed by atoms with E-state index in [1.807, 2.05) is 14.1 Å². The molecule has 2 aromatic carbocycles. The third-order valence-electron chi connectivity index (χ3n) is 3.73. The average Bonchev–Trinajstić information content (AvgIpc) is 2.59. The zero-order chi connectivity index (χ0) is 17.4. The summed E-state index contributed by atoms with van der Waals surface area (Å²) in [5.41, 5.74) is 3.47. The summed E-state index contributed by atoms with van der Waals surface area (Å²) in [6, 6.07) is 15.0. The second-order valence-corrected chi connectivity index (χ2v) is 5.79. The number of nitrogens with one attached hydrogen (secondary N) is 2. The predicted molar refractivity (Wildman–Crippen MR) is 99.1 cm³/mol. The van der Waals surface area contributed by atoms with E-state index in [-0.39, 0.29) is 5.82 Å². The molecule has 0 spiro atoms. The van der Waals surface area contributed by atoms with Crippen molar-refractivity contribution in [2.45, 2.75) is 13.0 Å². The number of anilines is 1. The predicted octanol–water partition coefficient (Wildman–Crippen LogP) is 2.80. The van der Waals surface area contributed by atoms with Crippen molar-refractivity contribution in [1.29, 1.82) is 0 Å². The highest BCUT2D eigenvalue weighted by atomic mass is 19.1. The first-order valence-corrected chi connectivity index (χ1v) is 8.03. The molecule has 0 aliphatic heterocycles. The highest BCUT2D eigenvalue weighted by Crippen LogP contribution is 2.13. The Morgan fingerprint density at radius 1 is 1.04 bits per heavy atom. The van der Waals surface area contributed by atoms with Gasteiger partial charge in [0.25, 0.3) is 0 Å². The molecule has 4 nitrogen and oxygen atoms in total. The standard InChI is InChI=1S/C19H25FN4/c1-21-19(22-12-11-15-7-9-17(20)10-8-15)23-14-16-5-4-6-18(13-16)24(2)3/h4-10,13H,11-12,14H2,1-3H3,(H2,21,22,23). The molecule has 24 heavy (non-hydrogen) atoms. The number of nitrogens with zero attached hydrogens (tertiary/aromatic N) is 2. The quantitative estimate of drug-likeness (QED) is 0.633. The Kier molecular flexibility index (Phi) is 6.61. The normalized spacial score (nSPS) is 11.2. The van der Waals surface area contributed by atoms with Gasteiger partial charge in [0.2, 0.25) is 0 Å². The van der Waals surface area contributed by atoms with Gasteiger partial charge in [0.15, 0.2) is 5.96 Å². The Bertz CT molecular complexity index is 665. The van der Waals surface area contributed by atoms with Crippen molar-refractivity contribution in [2.75, 3.05) is 32.6 Å². The van der Waals surface area contributed by atoms with Crippen LogP contribution in [0.5, 0.6) is 0 Å². The van der Waals surface area contributed by atoms with E-state index < -0.39 is 0 Å². The van der Waals surface area contributed by atoms with Crippen molar-refractivity contribution in [3.8, 4) is 0 Å². The van der Waals surface area contributed by atoms with Crippen molar-refractivity contribution < 1.29 is 4.39 Å². The van der Waals surface area contributed by atoms with Gasteiger partial charge in [-0.3, -0.25) is 4.99 Å². The lowest BCUT2D eigenvalue weighted by Crippen LogP contribution is -2.37. The number of rotatable bonds is 6. The Morgan fingerprint density at radius 3 is 2.46 bits per heavy atom. The van der Waals surface area contributed by atoms with Gasteiger partial charge in [-0.1, -0.05) is 24.3 Å². The van der Waals surface area contributed by atoms with Crippen molar-refractivity contribution in [3.05, 3.63) is 65.5 Å². The molecular formula is C19H25FN4. The minimum absolute atomic E-state index is 0.204. The Morgan fingerprint density at radius 2 is 1.79 bits per heavy atom. The van der Waals surface area contributed by atoms with Gasteiger partial charge in [-0.15, -0.1) is 0 Å². The van der Waals surface area contributed by atoms with Gasteiger partial charge >= 0.3 is 0 Å². The maximum Gasteiger partial charge on any atom is 0.191 e. The molecule has 0 aromatic heterocycles. The van der Waals surface area contributed by atoms with Gasteiger partial charge in [0.05, 0.1) is 0 Å². The average molecular weight is 328 g/mol. The van der Waals surface area contributed by atoms with Gasteiger partial charge in [-0.05, 0) is 41.8 Å².